The predicted octanol–water partition coefficient (Wildman–Crippen LogP) is 4.22. The van der Waals surface area contributed by atoms with Crippen LogP contribution in [0, 0.1) is 19.7 Å². The Hall–Kier alpha value is -2.28. The van der Waals surface area contributed by atoms with Crippen molar-refractivity contribution >= 4 is 17.8 Å². The van der Waals surface area contributed by atoms with Gasteiger partial charge in [-0.05, 0) is 44.0 Å². The van der Waals surface area contributed by atoms with E-state index in [1.54, 1.807) is 43.1 Å². The first-order valence-corrected chi connectivity index (χ1v) is 9.82. The monoisotopic (exact) mass is 389 g/mol. The Morgan fingerprint density at radius 2 is 2.22 bits per heavy atom. The zero-order valence-electron chi connectivity index (χ0n) is 16.0. The van der Waals surface area contributed by atoms with E-state index in [2.05, 4.69) is 10.3 Å². The van der Waals surface area contributed by atoms with Gasteiger partial charge in [0.2, 0.25) is 0 Å². The number of nitrogens with zero attached hydrogens (tertiary/aromatic N) is 2. The second-order valence-corrected chi connectivity index (χ2v) is 7.86. The van der Waals surface area contributed by atoms with Gasteiger partial charge in [-0.25, -0.2) is 9.18 Å². The van der Waals surface area contributed by atoms with Crippen LogP contribution in [0.25, 0.3) is 0 Å². The van der Waals surface area contributed by atoms with E-state index >= 15 is 0 Å². The number of carbonyl (C=O) groups is 1. The molecule has 1 aromatic carbocycles. The van der Waals surface area contributed by atoms with Crippen LogP contribution >= 0.6 is 11.8 Å². The number of thioether (sulfide) groups is 1. The molecule has 2 heterocycles. The van der Waals surface area contributed by atoms with Gasteiger partial charge in [-0.2, -0.15) is 0 Å². The molecule has 2 aromatic rings. The molecule has 144 valence electrons. The van der Waals surface area contributed by atoms with Crippen LogP contribution in [0.3, 0.4) is 0 Å². The molecule has 7 heteroatoms. The van der Waals surface area contributed by atoms with Crippen molar-refractivity contribution in [2.75, 3.05) is 19.9 Å². The lowest BCUT2D eigenvalue weighted by molar-refractivity contribution is 0.201. The number of carbonyl (C=O) groups excluding carboxylic acids is 1. The zero-order valence-corrected chi connectivity index (χ0v) is 16.8. The van der Waals surface area contributed by atoms with Crippen LogP contribution in [-0.2, 0) is 6.54 Å². The van der Waals surface area contributed by atoms with E-state index in [1.165, 1.54) is 12.1 Å². The van der Waals surface area contributed by atoms with E-state index in [1.807, 2.05) is 13.8 Å². The first-order chi connectivity index (χ1) is 12.9. The number of rotatable bonds is 4. The second kappa shape index (κ2) is 8.17. The van der Waals surface area contributed by atoms with Gasteiger partial charge >= 0.3 is 6.03 Å². The lowest BCUT2D eigenvalue weighted by atomic mass is 10.0. The molecule has 0 saturated carbocycles. The summed E-state index contributed by atoms with van der Waals surface area (Å²) in [7, 11) is 3.36. The number of ether oxygens (including phenoxy) is 1. The van der Waals surface area contributed by atoms with Gasteiger partial charge in [0, 0.05) is 35.0 Å². The molecular weight excluding hydrogens is 365 g/mol. The van der Waals surface area contributed by atoms with Crippen molar-refractivity contribution < 1.29 is 13.9 Å². The van der Waals surface area contributed by atoms with Crippen molar-refractivity contribution in [3.8, 4) is 5.75 Å². The lowest BCUT2D eigenvalue weighted by Crippen LogP contribution is -2.40. The van der Waals surface area contributed by atoms with Gasteiger partial charge in [0.1, 0.15) is 11.6 Å². The standard InChI is InChI=1S/C20H24FN3O2S/c1-12-10-22-17(13(2)19(12)26-4)11-24(3)20(25)23-16-7-8-27-18-6-5-14(21)9-15(16)18/h5-6,9-10,16H,7-8,11H2,1-4H3,(H,23,25)/t16-/m0/s1. The van der Waals surface area contributed by atoms with Crippen LogP contribution < -0.4 is 10.1 Å². The minimum Gasteiger partial charge on any atom is -0.496 e. The Labute approximate surface area is 163 Å². The van der Waals surface area contributed by atoms with Gasteiger partial charge in [-0.3, -0.25) is 4.98 Å². The molecule has 0 saturated heterocycles. The molecule has 1 aliphatic rings. The van der Waals surface area contributed by atoms with Crippen molar-refractivity contribution in [1.82, 2.24) is 15.2 Å². The molecule has 3 rings (SSSR count). The maximum absolute atomic E-state index is 13.6. The molecular formula is C20H24FN3O2S. The van der Waals surface area contributed by atoms with Crippen LogP contribution in [0.5, 0.6) is 5.75 Å². The van der Waals surface area contributed by atoms with E-state index in [0.717, 1.165) is 45.2 Å². The number of benzene rings is 1. The van der Waals surface area contributed by atoms with E-state index < -0.39 is 0 Å². The number of hydrogen-bond acceptors (Lipinski definition) is 4. The molecule has 0 spiro atoms. The Morgan fingerprint density at radius 3 is 2.96 bits per heavy atom. The normalized spacial score (nSPS) is 15.8. The quantitative estimate of drug-likeness (QED) is 0.850. The number of urea groups is 1. The molecule has 0 fully saturated rings. The van der Waals surface area contributed by atoms with Crippen LogP contribution in [0.15, 0.2) is 29.3 Å². The number of pyridine rings is 1. The summed E-state index contributed by atoms with van der Waals surface area (Å²) in [6.07, 6.45) is 2.53. The third-order valence-corrected chi connectivity index (χ3v) is 5.92. The highest BCUT2D eigenvalue weighted by atomic mass is 32.2. The third kappa shape index (κ3) is 4.18. The summed E-state index contributed by atoms with van der Waals surface area (Å²) in [6.45, 7) is 4.25. The first kappa shape index (κ1) is 19.5. The molecule has 27 heavy (non-hydrogen) atoms. The minimum atomic E-state index is -0.282. The highest BCUT2D eigenvalue weighted by Crippen LogP contribution is 2.36. The van der Waals surface area contributed by atoms with Gasteiger partial charge in [-0.1, -0.05) is 0 Å². The fourth-order valence-corrected chi connectivity index (χ4v) is 4.41. The molecule has 1 atom stereocenters. The fraction of sp³-hybridized carbons (Fsp3) is 0.400. The Balaban J connectivity index is 1.72. The summed E-state index contributed by atoms with van der Waals surface area (Å²) < 4.78 is 19.1. The SMILES string of the molecule is COc1c(C)cnc(CN(C)C(=O)N[C@H]2CCSc3ccc(F)cc32)c1C. The van der Waals surface area contributed by atoms with Crippen molar-refractivity contribution in [3.05, 3.63) is 52.6 Å². The summed E-state index contributed by atoms with van der Waals surface area (Å²) in [6, 6.07) is 4.37. The minimum absolute atomic E-state index is 0.187. The molecule has 0 radical (unpaired) electrons. The maximum atomic E-state index is 13.6. The smallest absolute Gasteiger partial charge is 0.317 e. The molecule has 2 amide bonds. The van der Waals surface area contributed by atoms with Crippen molar-refractivity contribution in [2.45, 2.75) is 37.8 Å². The number of amides is 2. The summed E-state index contributed by atoms with van der Waals surface area (Å²) in [5, 5.41) is 3.03. The largest absolute Gasteiger partial charge is 0.496 e. The lowest BCUT2D eigenvalue weighted by Gasteiger charge is -2.28. The second-order valence-electron chi connectivity index (χ2n) is 6.72. The molecule has 5 nitrogen and oxygen atoms in total. The number of hydrogen-bond donors (Lipinski definition) is 1. The highest BCUT2D eigenvalue weighted by molar-refractivity contribution is 7.99. The van der Waals surface area contributed by atoms with Crippen molar-refractivity contribution in [1.29, 1.82) is 0 Å². The average Bonchev–Trinajstić information content (AvgIpc) is 2.65. The topological polar surface area (TPSA) is 54.5 Å². The Morgan fingerprint density at radius 1 is 1.44 bits per heavy atom. The predicted molar refractivity (Wildman–Crippen MR) is 105 cm³/mol. The molecule has 0 bridgehead atoms. The summed E-state index contributed by atoms with van der Waals surface area (Å²) in [5.74, 6) is 1.40. The molecule has 0 aliphatic carbocycles. The number of halogens is 1. The summed E-state index contributed by atoms with van der Waals surface area (Å²) in [4.78, 5) is 19.8. The summed E-state index contributed by atoms with van der Waals surface area (Å²) in [5.41, 5.74) is 3.53. The number of fused-ring (bicyclic) bond motifs is 1. The van der Waals surface area contributed by atoms with Gasteiger partial charge < -0.3 is 15.0 Å². The highest BCUT2D eigenvalue weighted by Gasteiger charge is 2.24. The van der Waals surface area contributed by atoms with E-state index in [-0.39, 0.29) is 17.9 Å². The summed E-state index contributed by atoms with van der Waals surface area (Å²) >= 11 is 1.69. The van der Waals surface area contributed by atoms with Crippen LogP contribution in [-0.4, -0.2) is 35.8 Å². The maximum Gasteiger partial charge on any atom is 0.317 e. The third-order valence-electron chi connectivity index (χ3n) is 4.79. The van der Waals surface area contributed by atoms with E-state index in [9.17, 15) is 9.18 Å². The molecule has 1 aromatic heterocycles. The van der Waals surface area contributed by atoms with E-state index in [0.29, 0.717) is 6.54 Å². The fourth-order valence-electron chi connectivity index (χ4n) is 3.30. The number of nitrogens with one attached hydrogen (secondary N) is 1. The molecule has 0 unspecified atom stereocenters. The Kier molecular flexibility index (Phi) is 5.89. The van der Waals surface area contributed by atoms with Crippen LogP contribution in [0.4, 0.5) is 9.18 Å². The van der Waals surface area contributed by atoms with Crippen LogP contribution in [0.1, 0.15) is 34.8 Å². The molecule has 1 N–H and O–H groups in total. The van der Waals surface area contributed by atoms with Gasteiger partial charge in [0.05, 0.1) is 25.4 Å². The Bertz CT molecular complexity index is 859. The molecule has 1 aliphatic heterocycles. The van der Waals surface area contributed by atoms with Crippen molar-refractivity contribution in [2.24, 2.45) is 0 Å². The number of aromatic nitrogens is 1. The van der Waals surface area contributed by atoms with Gasteiger partial charge in [-0.15, -0.1) is 11.8 Å². The zero-order chi connectivity index (χ0) is 19.6. The van der Waals surface area contributed by atoms with Gasteiger partial charge in [0.15, 0.2) is 0 Å². The van der Waals surface area contributed by atoms with E-state index in [4.69, 9.17) is 4.74 Å². The average molecular weight is 389 g/mol. The van der Waals surface area contributed by atoms with Crippen LogP contribution in [0.2, 0.25) is 0 Å². The number of methoxy groups -OCH3 is 1. The van der Waals surface area contributed by atoms with Crippen molar-refractivity contribution in [3.63, 3.8) is 0 Å². The number of aryl methyl sites for hydroxylation is 1. The first-order valence-electron chi connectivity index (χ1n) is 8.83. The van der Waals surface area contributed by atoms with Gasteiger partial charge in [0.25, 0.3) is 0 Å².